The quantitative estimate of drug-likeness (QED) is 0.157. The van der Waals surface area contributed by atoms with Crippen molar-refractivity contribution in [2.75, 3.05) is 72.1 Å². The van der Waals surface area contributed by atoms with E-state index in [0.717, 1.165) is 87.9 Å². The van der Waals surface area contributed by atoms with Gasteiger partial charge in [-0.1, -0.05) is 246 Å². The Bertz CT molecular complexity index is 4370. The topological polar surface area (TPSA) is 221 Å². The molecule has 134 heavy (non-hydrogen) atoms. The fourth-order valence-electron chi connectivity index (χ4n) is 13.6. The standard InChI is InChI=1S/3C11H14N2.C10H19NO.2C10H18O.C9H16N2O2.C9H13NO.C9H18O2.C8H15NO.C7H15N.4C2H6/c1-11(2,3)13-8-12-9-6-4-5-7-10(9)13;1-11(2,3)13-8-9-6-4-5-7-10(9)12-13;1-11(2,3)13-10-7-5-4-6-9(10)8-12-13;1-10(2,3)9(12)11-7-5-4-6-8-11;1-10(2,3)9(11)7-6-8-4-5-8;1-10(2,3)9(11)7-8-5-4-6-8;1-9(2,3)8(13)11-5-4-10-7(12)6-11;1-9(2,3)10-7-5-4-6-8(10)11;1-9(2,3)11-7-8-5-4-6-10-8;1-8(2,3)7(10)9-5-4-6-9;1-7(2,3)8-5-4-6-8;4*1-2/h3*4-8H,1-3H3;4-8H2,1-3H3;2*8H,4-7H2,1-3H3;4-6H2,1-3H3,(H,10,12);4-7H,1-3H3;8H,4-7H2,1-3H3;4-6H2,1-3H3;4-6H2,1-3H3;4*1-2H3. The molecule has 0 radical (unpaired) electrons. The first-order valence-corrected chi connectivity index (χ1v) is 51.1. The smallest absolute Gasteiger partial charge is 0.250 e. The van der Waals surface area contributed by atoms with Crippen molar-refractivity contribution in [2.24, 2.45) is 38.9 Å². The maximum absolute atomic E-state index is 11.7. The van der Waals surface area contributed by atoms with Crippen LogP contribution in [0.4, 0.5) is 0 Å². The number of piperidine rings is 1. The van der Waals surface area contributed by atoms with E-state index < -0.39 is 5.41 Å². The summed E-state index contributed by atoms with van der Waals surface area (Å²) in [6.45, 7) is 93.6. The van der Waals surface area contributed by atoms with Crippen LogP contribution >= 0.6 is 0 Å². The Labute approximate surface area is 817 Å². The van der Waals surface area contributed by atoms with Crippen LogP contribution in [0.1, 0.15) is 380 Å². The monoisotopic (exact) mass is 1870 g/mol. The van der Waals surface area contributed by atoms with Crippen LogP contribution in [0.15, 0.2) is 121 Å². The molecule has 14 rings (SSSR count). The number of para-hydroxylation sites is 3. The lowest BCUT2D eigenvalue weighted by molar-refractivity contribution is -0.144. The lowest BCUT2D eigenvalue weighted by Gasteiger charge is -2.42. The van der Waals surface area contributed by atoms with Gasteiger partial charge in [0.25, 0.3) is 5.56 Å². The first-order valence-electron chi connectivity index (χ1n) is 51.1. The van der Waals surface area contributed by atoms with Crippen molar-refractivity contribution in [3.63, 3.8) is 0 Å². The number of ketones is 2. The summed E-state index contributed by atoms with van der Waals surface area (Å²) in [7, 11) is 0. The molecule has 9 heterocycles. The van der Waals surface area contributed by atoms with Crippen LogP contribution < -0.4 is 10.9 Å². The van der Waals surface area contributed by atoms with E-state index in [1.165, 1.54) is 106 Å². The number of rotatable bonds is 7. The van der Waals surface area contributed by atoms with E-state index in [2.05, 4.69) is 169 Å². The van der Waals surface area contributed by atoms with Crippen molar-refractivity contribution < 1.29 is 38.2 Å². The Morgan fingerprint density at radius 3 is 1.26 bits per heavy atom. The predicted molar refractivity (Wildman–Crippen MR) is 568 cm³/mol. The molecule has 7 aromatic rings. The minimum Gasteiger partial charge on any atom is -0.376 e. The molecule has 21 heteroatoms. The van der Waals surface area contributed by atoms with E-state index in [1.54, 1.807) is 21.6 Å². The summed E-state index contributed by atoms with van der Waals surface area (Å²) in [6.07, 6.45) is 26.0. The Morgan fingerprint density at radius 2 is 0.888 bits per heavy atom. The van der Waals surface area contributed by atoms with Crippen molar-refractivity contribution in [1.29, 1.82) is 0 Å². The molecular formula is C113H198N12O9. The van der Waals surface area contributed by atoms with E-state index in [0.29, 0.717) is 48.1 Å². The maximum atomic E-state index is 11.7. The van der Waals surface area contributed by atoms with Gasteiger partial charge in [0.1, 0.15) is 11.6 Å². The van der Waals surface area contributed by atoms with Crippen LogP contribution in [0.3, 0.4) is 0 Å². The summed E-state index contributed by atoms with van der Waals surface area (Å²) in [5.74, 6) is 3.04. The number of likely N-dealkylation sites (tertiary alicyclic amines) is 3. The number of aromatic nitrogens is 7. The van der Waals surface area contributed by atoms with Crippen LogP contribution in [0, 0.1) is 38.9 Å². The van der Waals surface area contributed by atoms with E-state index >= 15 is 0 Å². The highest BCUT2D eigenvalue weighted by Crippen LogP contribution is 2.36. The highest BCUT2D eigenvalue weighted by molar-refractivity contribution is 5.89. The third-order valence-corrected chi connectivity index (χ3v) is 22.4. The molecule has 3 aromatic carbocycles. The summed E-state index contributed by atoms with van der Waals surface area (Å²) in [4.78, 5) is 92.3. The zero-order valence-corrected chi connectivity index (χ0v) is 93.2. The summed E-state index contributed by atoms with van der Waals surface area (Å²) < 4.78 is 19.0. The van der Waals surface area contributed by atoms with Crippen molar-refractivity contribution in [2.45, 2.75) is 420 Å². The van der Waals surface area contributed by atoms with E-state index in [-0.39, 0.29) is 73.3 Å². The lowest BCUT2D eigenvalue weighted by Crippen LogP contribution is -2.52. The third kappa shape index (κ3) is 49.4. The van der Waals surface area contributed by atoms with Crippen molar-refractivity contribution in [1.82, 2.24) is 58.6 Å². The van der Waals surface area contributed by atoms with Gasteiger partial charge in [-0.15, -0.1) is 0 Å². The number of ether oxygens (including phenoxy) is 2. The van der Waals surface area contributed by atoms with Crippen LogP contribution in [0.5, 0.6) is 0 Å². The number of nitrogens with one attached hydrogen (secondary N) is 1. The molecule has 1 atom stereocenters. The van der Waals surface area contributed by atoms with Gasteiger partial charge in [0.05, 0.1) is 70.5 Å². The SMILES string of the molecule is CC.CC.CC.CC.CC(C)(C)C(=O)CC1CCC1.CC(C)(C)C(=O)CCC1CC1.CC(C)(C)C(=O)N1CCC1.CC(C)(C)C(=O)N1CCCCC1.CC(C)(C)C(=O)N1CCNC(=O)C1.CC(C)(C)N1CCC1.CC(C)(C)OCC1CCCO1.CC(C)(C)n1cc2ccccc2n1.CC(C)(C)n1ccccc1=O.CC(C)(C)n1cnc2ccccc21.CC(C)(C)n1ncc2ccccc21. The van der Waals surface area contributed by atoms with Crippen LogP contribution in [0.25, 0.3) is 32.8 Å². The fourth-order valence-corrected chi connectivity index (χ4v) is 13.6. The second kappa shape index (κ2) is 58.8. The molecule has 1 unspecified atom stereocenters. The van der Waals surface area contributed by atoms with Gasteiger partial charge in [0, 0.05) is 132 Å². The van der Waals surface area contributed by atoms with Gasteiger partial charge in [-0.25, -0.2) is 4.98 Å². The number of nitrogens with zero attached hydrogens (tertiary/aromatic N) is 11. The van der Waals surface area contributed by atoms with Gasteiger partial charge >= 0.3 is 0 Å². The molecule has 4 amide bonds. The average Bonchev–Trinajstić information content (AvgIpc) is 1.66. The number of benzene rings is 3. The minimum atomic E-state index is -0.391. The number of hydrogen-bond donors (Lipinski definition) is 1. The molecule has 4 aromatic heterocycles. The molecule has 5 saturated heterocycles. The molecule has 0 bridgehead atoms. The molecule has 21 nitrogen and oxygen atoms in total. The summed E-state index contributed by atoms with van der Waals surface area (Å²) in [5.41, 5.74) is 4.13. The average molecular weight is 1870 g/mol. The number of hydrogen-bond acceptors (Lipinski definition) is 13. The Morgan fingerprint density at radius 1 is 0.425 bits per heavy atom. The number of piperazine rings is 1. The molecule has 1 N–H and O–H groups in total. The number of fused-ring (bicyclic) bond motifs is 3. The predicted octanol–water partition coefficient (Wildman–Crippen LogP) is 26.4. The van der Waals surface area contributed by atoms with Crippen molar-refractivity contribution >= 4 is 68.0 Å². The minimum absolute atomic E-state index is 0.0219. The fraction of sp³-hybridized carbons (Fsp3) is 0.717. The zero-order valence-electron chi connectivity index (χ0n) is 93.2. The van der Waals surface area contributed by atoms with E-state index in [4.69, 9.17) is 9.47 Å². The number of Topliss-reactive ketones (excluding diaryl/α,β-unsaturated/α-hetero) is 2. The van der Waals surface area contributed by atoms with Gasteiger partial charge in [-0.3, -0.25) is 47.8 Å². The molecule has 7 aliphatic rings. The number of imidazole rings is 1. The van der Waals surface area contributed by atoms with Crippen molar-refractivity contribution in [3.05, 3.63) is 126 Å². The summed E-state index contributed by atoms with van der Waals surface area (Å²) in [6, 6.07) is 29.9. The zero-order chi connectivity index (χ0) is 103. The summed E-state index contributed by atoms with van der Waals surface area (Å²) >= 11 is 0. The van der Waals surface area contributed by atoms with Gasteiger partial charge < -0.3 is 38.6 Å². The molecule has 2 saturated carbocycles. The molecule has 764 valence electrons. The molecular weight excluding hydrogens is 1670 g/mol. The first kappa shape index (κ1) is 126. The number of carbonyl (C=O) groups is 6. The van der Waals surface area contributed by atoms with Crippen molar-refractivity contribution in [3.8, 4) is 0 Å². The Hall–Kier alpha value is -7.88. The van der Waals surface area contributed by atoms with E-state index in [1.807, 2.05) is 268 Å². The highest BCUT2D eigenvalue weighted by atomic mass is 16.5. The summed E-state index contributed by atoms with van der Waals surface area (Å²) in [5, 5.41) is 14.0. The Kier molecular flexibility index (Phi) is 55.3. The van der Waals surface area contributed by atoms with Gasteiger partial charge in [0.2, 0.25) is 23.6 Å². The van der Waals surface area contributed by atoms with Gasteiger partial charge in [-0.05, 0) is 231 Å². The van der Waals surface area contributed by atoms with Crippen LogP contribution in [-0.4, -0.2) is 178 Å². The largest absolute Gasteiger partial charge is 0.376 e. The molecule has 5 aliphatic heterocycles. The van der Waals surface area contributed by atoms with E-state index in [9.17, 15) is 33.6 Å². The van der Waals surface area contributed by atoms with Gasteiger partial charge in [0.15, 0.2) is 0 Å². The normalized spacial score (nSPS) is 16.2. The van der Waals surface area contributed by atoms with Gasteiger partial charge in [-0.2, -0.15) is 10.2 Å². The third-order valence-electron chi connectivity index (χ3n) is 22.4. The maximum Gasteiger partial charge on any atom is 0.250 e. The molecule has 7 fully saturated rings. The second-order valence-corrected chi connectivity index (χ2v) is 46.2. The first-order chi connectivity index (χ1) is 61.9. The number of carbonyl (C=O) groups excluding carboxylic acids is 6. The molecule has 2 aliphatic carbocycles. The molecule has 0 spiro atoms. The van der Waals surface area contributed by atoms with Crippen LogP contribution in [-0.2, 0) is 60.4 Å². The second-order valence-electron chi connectivity index (χ2n) is 46.2. The Balaban J connectivity index is 0.00000144. The number of pyridine rings is 1. The number of amides is 4. The lowest BCUT2D eigenvalue weighted by atomic mass is 9.77. The highest BCUT2D eigenvalue weighted by Gasteiger charge is 2.34. The van der Waals surface area contributed by atoms with Crippen LogP contribution in [0.2, 0.25) is 0 Å².